The second kappa shape index (κ2) is 7.35. The van der Waals surface area contributed by atoms with E-state index in [-0.39, 0.29) is 6.10 Å². The van der Waals surface area contributed by atoms with Gasteiger partial charge >= 0.3 is 0 Å². The summed E-state index contributed by atoms with van der Waals surface area (Å²) < 4.78 is 6.90. The van der Waals surface area contributed by atoms with Crippen LogP contribution in [0.2, 0.25) is 10.0 Å². The molecule has 0 spiro atoms. The number of thioether (sulfide) groups is 1. The van der Waals surface area contributed by atoms with Crippen molar-refractivity contribution in [3.8, 4) is 11.4 Å². The third kappa shape index (κ3) is 4.26. The molecule has 0 atom stereocenters. The molecule has 5 nitrogen and oxygen atoms in total. The van der Waals surface area contributed by atoms with Crippen LogP contribution in [0, 0.1) is 0 Å². The minimum absolute atomic E-state index is 0.213. The molecule has 0 aliphatic heterocycles. The zero-order valence-corrected chi connectivity index (χ0v) is 14.0. The smallest absolute Gasteiger partial charge is 0.210 e. The molecule has 8 heteroatoms. The molecule has 0 saturated heterocycles. The fourth-order valence-electron chi connectivity index (χ4n) is 1.65. The molecule has 0 aliphatic carbocycles. The van der Waals surface area contributed by atoms with Crippen LogP contribution in [0.5, 0.6) is 0 Å². The summed E-state index contributed by atoms with van der Waals surface area (Å²) in [5.41, 5.74) is 0.696. The number of hydrogen-bond donors (Lipinski definition) is 1. The van der Waals surface area contributed by atoms with Crippen LogP contribution < -0.4 is 5.84 Å². The van der Waals surface area contributed by atoms with Crippen LogP contribution in [-0.4, -0.2) is 33.3 Å². The SMILES string of the molecule is CC(C)OCCSc1nnc(-c2ccc(Cl)cc2Cl)n1N. The van der Waals surface area contributed by atoms with Gasteiger partial charge in [-0.05, 0) is 32.0 Å². The van der Waals surface area contributed by atoms with Gasteiger partial charge in [0.1, 0.15) is 0 Å². The monoisotopic (exact) mass is 346 g/mol. The lowest BCUT2D eigenvalue weighted by Gasteiger charge is -2.07. The maximum absolute atomic E-state index is 6.16. The van der Waals surface area contributed by atoms with Crippen LogP contribution in [0.1, 0.15) is 13.8 Å². The van der Waals surface area contributed by atoms with Crippen molar-refractivity contribution in [2.45, 2.75) is 25.1 Å². The largest absolute Gasteiger partial charge is 0.378 e. The van der Waals surface area contributed by atoms with Gasteiger partial charge in [0, 0.05) is 16.3 Å². The van der Waals surface area contributed by atoms with Gasteiger partial charge in [-0.3, -0.25) is 0 Å². The molecule has 0 unspecified atom stereocenters. The molecule has 2 aromatic rings. The van der Waals surface area contributed by atoms with Crippen LogP contribution >= 0.6 is 35.0 Å². The zero-order chi connectivity index (χ0) is 15.4. The number of ether oxygens (including phenoxy) is 1. The van der Waals surface area contributed by atoms with E-state index in [1.54, 1.807) is 18.2 Å². The molecular formula is C13H16Cl2N4OS. The van der Waals surface area contributed by atoms with Crippen molar-refractivity contribution in [2.75, 3.05) is 18.2 Å². The van der Waals surface area contributed by atoms with E-state index in [0.717, 1.165) is 5.75 Å². The molecule has 2 rings (SSSR count). The molecule has 0 radical (unpaired) electrons. The Bertz CT molecular complexity index is 618. The Morgan fingerprint density at radius 1 is 1.33 bits per heavy atom. The lowest BCUT2D eigenvalue weighted by atomic mass is 10.2. The predicted molar refractivity (Wildman–Crippen MR) is 87.4 cm³/mol. The normalized spacial score (nSPS) is 11.3. The van der Waals surface area contributed by atoms with Gasteiger partial charge in [-0.1, -0.05) is 35.0 Å². The number of hydrogen-bond acceptors (Lipinski definition) is 5. The van der Waals surface area contributed by atoms with Crippen molar-refractivity contribution < 1.29 is 4.74 Å². The first-order chi connectivity index (χ1) is 9.99. The Balaban J connectivity index is 2.09. The summed E-state index contributed by atoms with van der Waals surface area (Å²) in [4.78, 5) is 0. The summed E-state index contributed by atoms with van der Waals surface area (Å²) in [5, 5.41) is 9.83. The summed E-state index contributed by atoms with van der Waals surface area (Å²) in [5.74, 6) is 7.28. The molecule has 0 aliphatic rings. The first kappa shape index (κ1) is 16.4. The van der Waals surface area contributed by atoms with Crippen molar-refractivity contribution >= 4 is 35.0 Å². The van der Waals surface area contributed by atoms with Crippen molar-refractivity contribution in [1.29, 1.82) is 0 Å². The van der Waals surface area contributed by atoms with E-state index in [9.17, 15) is 0 Å². The molecule has 0 amide bonds. The van der Waals surface area contributed by atoms with Crippen LogP contribution in [0.3, 0.4) is 0 Å². The number of aromatic nitrogens is 3. The summed E-state index contributed by atoms with van der Waals surface area (Å²) in [7, 11) is 0. The van der Waals surface area contributed by atoms with E-state index in [0.29, 0.717) is 33.2 Å². The second-order valence-electron chi connectivity index (χ2n) is 4.57. The number of nitrogen functional groups attached to an aromatic ring is 1. The fraction of sp³-hybridized carbons (Fsp3) is 0.385. The van der Waals surface area contributed by atoms with Crippen molar-refractivity contribution in [1.82, 2.24) is 14.9 Å². The number of nitrogens with zero attached hydrogens (tertiary/aromatic N) is 3. The van der Waals surface area contributed by atoms with Crippen molar-refractivity contribution in [3.05, 3.63) is 28.2 Å². The lowest BCUT2D eigenvalue weighted by Crippen LogP contribution is -2.12. The lowest BCUT2D eigenvalue weighted by molar-refractivity contribution is 0.0920. The average molecular weight is 347 g/mol. The summed E-state index contributed by atoms with van der Waals surface area (Å²) in [6, 6.07) is 5.16. The third-order valence-corrected chi connectivity index (χ3v) is 4.06. The minimum atomic E-state index is 0.213. The van der Waals surface area contributed by atoms with Gasteiger partial charge in [-0.2, -0.15) is 0 Å². The highest BCUT2D eigenvalue weighted by atomic mass is 35.5. The molecule has 0 fully saturated rings. The first-order valence-corrected chi connectivity index (χ1v) is 8.13. The van der Waals surface area contributed by atoms with Gasteiger partial charge < -0.3 is 10.6 Å². The fourth-order valence-corrected chi connectivity index (χ4v) is 2.83. The highest BCUT2D eigenvalue weighted by molar-refractivity contribution is 7.99. The van der Waals surface area contributed by atoms with E-state index < -0.39 is 0 Å². The Hall–Kier alpha value is -0.950. The average Bonchev–Trinajstić information content (AvgIpc) is 2.76. The Kier molecular flexibility index (Phi) is 5.75. The highest BCUT2D eigenvalue weighted by Crippen LogP contribution is 2.30. The number of halogens is 2. The third-order valence-electron chi connectivity index (χ3n) is 2.60. The van der Waals surface area contributed by atoms with Gasteiger partial charge in [-0.15, -0.1) is 10.2 Å². The van der Waals surface area contributed by atoms with Gasteiger partial charge in [-0.25, -0.2) is 4.68 Å². The Morgan fingerprint density at radius 3 is 2.76 bits per heavy atom. The van der Waals surface area contributed by atoms with Crippen LogP contribution in [0.15, 0.2) is 23.4 Å². The quantitative estimate of drug-likeness (QED) is 0.492. The molecule has 2 N–H and O–H groups in total. The maximum atomic E-state index is 6.16. The molecule has 1 aromatic carbocycles. The van der Waals surface area contributed by atoms with Crippen LogP contribution in [-0.2, 0) is 4.74 Å². The van der Waals surface area contributed by atoms with Crippen molar-refractivity contribution in [2.24, 2.45) is 0 Å². The molecule has 1 heterocycles. The number of rotatable bonds is 6. The van der Waals surface area contributed by atoms with Gasteiger partial charge in [0.25, 0.3) is 0 Å². The first-order valence-electron chi connectivity index (χ1n) is 6.39. The zero-order valence-electron chi connectivity index (χ0n) is 11.7. The van der Waals surface area contributed by atoms with E-state index in [1.165, 1.54) is 16.4 Å². The Morgan fingerprint density at radius 2 is 2.10 bits per heavy atom. The van der Waals surface area contributed by atoms with Crippen LogP contribution in [0.4, 0.5) is 0 Å². The van der Waals surface area contributed by atoms with Crippen LogP contribution in [0.25, 0.3) is 11.4 Å². The summed E-state index contributed by atoms with van der Waals surface area (Å²) in [6.07, 6.45) is 0.213. The summed E-state index contributed by atoms with van der Waals surface area (Å²) >= 11 is 13.5. The van der Waals surface area contributed by atoms with E-state index in [2.05, 4.69) is 10.2 Å². The van der Waals surface area contributed by atoms with Gasteiger partial charge in [0.2, 0.25) is 5.16 Å². The standard InChI is InChI=1S/C13H16Cl2N4OS/c1-8(2)20-5-6-21-13-18-17-12(19(13)16)10-4-3-9(14)7-11(10)15/h3-4,7-8H,5-6,16H2,1-2H3. The molecule has 21 heavy (non-hydrogen) atoms. The summed E-state index contributed by atoms with van der Waals surface area (Å²) in [6.45, 7) is 4.62. The highest BCUT2D eigenvalue weighted by Gasteiger charge is 2.15. The molecule has 114 valence electrons. The van der Waals surface area contributed by atoms with E-state index in [1.807, 2.05) is 13.8 Å². The van der Waals surface area contributed by atoms with Crippen molar-refractivity contribution in [3.63, 3.8) is 0 Å². The number of nitrogens with two attached hydrogens (primary N) is 1. The maximum Gasteiger partial charge on any atom is 0.210 e. The molecular weight excluding hydrogens is 331 g/mol. The van der Waals surface area contributed by atoms with Gasteiger partial charge in [0.15, 0.2) is 5.82 Å². The molecule has 1 aromatic heterocycles. The molecule has 0 saturated carbocycles. The minimum Gasteiger partial charge on any atom is -0.378 e. The van der Waals surface area contributed by atoms with Gasteiger partial charge in [0.05, 0.1) is 17.7 Å². The van der Waals surface area contributed by atoms with E-state index in [4.69, 9.17) is 33.8 Å². The second-order valence-corrected chi connectivity index (χ2v) is 6.47. The number of benzene rings is 1. The predicted octanol–water partition coefficient (Wildman–Crippen LogP) is 3.48. The van der Waals surface area contributed by atoms with E-state index >= 15 is 0 Å². The topological polar surface area (TPSA) is 66.0 Å². The Labute approximate surface area is 137 Å². The molecule has 0 bridgehead atoms.